The Morgan fingerprint density at radius 1 is 0.971 bits per heavy atom. The molecule has 3 aromatic rings. The summed E-state index contributed by atoms with van der Waals surface area (Å²) >= 11 is 2.12. The fourth-order valence-corrected chi connectivity index (χ4v) is 4.96. The molecule has 11 heteroatoms. The molecule has 0 aliphatic heterocycles. The Morgan fingerprint density at radius 2 is 1.57 bits per heavy atom. The third-order valence-electron chi connectivity index (χ3n) is 4.82. The first kappa shape index (κ1) is 26.3. The Kier molecular flexibility index (Phi) is 8.93. The van der Waals surface area contributed by atoms with Gasteiger partial charge in [0.25, 0.3) is 15.9 Å². The first-order valence-electron chi connectivity index (χ1n) is 10.3. The Balaban J connectivity index is 1.82. The minimum atomic E-state index is -3.99. The van der Waals surface area contributed by atoms with Gasteiger partial charge in [-0.3, -0.25) is 9.10 Å². The summed E-state index contributed by atoms with van der Waals surface area (Å²) in [6.07, 6.45) is 1.39. The molecule has 1 amide bonds. The summed E-state index contributed by atoms with van der Waals surface area (Å²) in [6.45, 7) is -0.468. The van der Waals surface area contributed by atoms with E-state index in [0.717, 1.165) is 7.88 Å². The van der Waals surface area contributed by atoms with Crippen LogP contribution in [0, 0.1) is 3.57 Å². The summed E-state index contributed by atoms with van der Waals surface area (Å²) in [6, 6.07) is 18.1. The standard InChI is InChI=1S/C24H24IN3O6S/c1-32-21-13-17(14-22(33-2)24(21)34-3)15-26-27-23(29)16-28(19-11-9-18(25)10-12-19)35(30,31)20-7-5-4-6-8-20/h4-15H,16H2,1-3H3,(H,27,29)/b26-15-. The molecular formula is C24H24IN3O6S. The molecule has 0 saturated heterocycles. The number of sulfonamides is 1. The number of amides is 1. The zero-order valence-corrected chi connectivity index (χ0v) is 22.2. The lowest BCUT2D eigenvalue weighted by atomic mass is 10.2. The van der Waals surface area contributed by atoms with Gasteiger partial charge >= 0.3 is 0 Å². The minimum Gasteiger partial charge on any atom is -0.493 e. The number of hydrazone groups is 1. The molecule has 9 nitrogen and oxygen atoms in total. The molecule has 0 aromatic heterocycles. The van der Waals surface area contributed by atoms with Gasteiger partial charge in [0.2, 0.25) is 5.75 Å². The maximum absolute atomic E-state index is 13.3. The van der Waals surface area contributed by atoms with Gasteiger partial charge < -0.3 is 14.2 Å². The average Bonchev–Trinajstić information content (AvgIpc) is 2.87. The number of rotatable bonds is 10. The van der Waals surface area contributed by atoms with Crippen LogP contribution in [0.5, 0.6) is 17.2 Å². The number of nitrogens with zero attached hydrogens (tertiary/aromatic N) is 2. The van der Waals surface area contributed by atoms with Crippen LogP contribution in [0.4, 0.5) is 5.69 Å². The van der Waals surface area contributed by atoms with Crippen LogP contribution < -0.4 is 23.9 Å². The number of methoxy groups -OCH3 is 3. The molecule has 0 unspecified atom stereocenters. The van der Waals surface area contributed by atoms with Crippen molar-refractivity contribution < 1.29 is 27.4 Å². The van der Waals surface area contributed by atoms with Crippen molar-refractivity contribution in [1.29, 1.82) is 0 Å². The maximum Gasteiger partial charge on any atom is 0.264 e. The summed E-state index contributed by atoms with van der Waals surface area (Å²) < 4.78 is 44.5. The lowest BCUT2D eigenvalue weighted by Crippen LogP contribution is -2.39. The van der Waals surface area contributed by atoms with E-state index in [2.05, 4.69) is 33.1 Å². The second-order valence-electron chi connectivity index (χ2n) is 7.05. The zero-order chi connectivity index (χ0) is 25.4. The zero-order valence-electron chi connectivity index (χ0n) is 19.3. The number of anilines is 1. The molecule has 0 fully saturated rings. The number of nitrogens with one attached hydrogen (secondary N) is 1. The quantitative estimate of drug-likeness (QED) is 0.214. The SMILES string of the molecule is COc1cc(/C=N\NC(=O)CN(c2ccc(I)cc2)S(=O)(=O)c2ccccc2)cc(OC)c1OC. The van der Waals surface area contributed by atoms with Gasteiger partial charge in [0, 0.05) is 9.13 Å². The number of carbonyl (C=O) groups is 1. The topological polar surface area (TPSA) is 107 Å². The Morgan fingerprint density at radius 3 is 2.11 bits per heavy atom. The first-order valence-corrected chi connectivity index (χ1v) is 12.8. The van der Waals surface area contributed by atoms with E-state index in [4.69, 9.17) is 14.2 Å². The van der Waals surface area contributed by atoms with Gasteiger partial charge in [0.05, 0.1) is 38.1 Å². The van der Waals surface area contributed by atoms with Gasteiger partial charge in [-0.2, -0.15) is 5.10 Å². The molecule has 0 saturated carbocycles. The van der Waals surface area contributed by atoms with Crippen LogP contribution in [0.25, 0.3) is 0 Å². The summed E-state index contributed by atoms with van der Waals surface area (Å²) in [7, 11) is 0.488. The fourth-order valence-electron chi connectivity index (χ4n) is 3.16. The number of halogens is 1. The highest BCUT2D eigenvalue weighted by Crippen LogP contribution is 2.37. The van der Waals surface area contributed by atoms with E-state index < -0.39 is 22.5 Å². The summed E-state index contributed by atoms with van der Waals surface area (Å²) in [5.41, 5.74) is 3.31. The van der Waals surface area contributed by atoms with E-state index in [1.54, 1.807) is 54.6 Å². The highest BCUT2D eigenvalue weighted by molar-refractivity contribution is 14.1. The van der Waals surface area contributed by atoms with E-state index in [1.165, 1.54) is 39.7 Å². The smallest absolute Gasteiger partial charge is 0.264 e. The Hall–Kier alpha value is -3.32. The molecule has 0 heterocycles. The Bertz CT molecular complexity index is 1270. The van der Waals surface area contributed by atoms with Crippen molar-refractivity contribution in [2.24, 2.45) is 5.10 Å². The minimum absolute atomic E-state index is 0.0762. The molecule has 0 radical (unpaired) electrons. The van der Waals surface area contributed by atoms with Gasteiger partial charge in [-0.05, 0) is 71.1 Å². The predicted molar refractivity (Wildman–Crippen MR) is 142 cm³/mol. The number of ether oxygens (including phenoxy) is 3. The van der Waals surface area contributed by atoms with Crippen LogP contribution in [-0.2, 0) is 14.8 Å². The molecule has 35 heavy (non-hydrogen) atoms. The maximum atomic E-state index is 13.3. The number of carbonyl (C=O) groups excluding carboxylic acids is 1. The molecule has 184 valence electrons. The second-order valence-corrected chi connectivity index (χ2v) is 10.2. The second kappa shape index (κ2) is 11.9. The molecule has 0 spiro atoms. The van der Waals surface area contributed by atoms with Crippen molar-refractivity contribution in [3.05, 3.63) is 75.9 Å². The molecule has 0 bridgehead atoms. The molecule has 0 aliphatic rings. The third-order valence-corrected chi connectivity index (χ3v) is 7.33. The molecule has 3 aromatic carbocycles. The van der Waals surface area contributed by atoms with E-state index >= 15 is 0 Å². The van der Waals surface area contributed by atoms with Crippen LogP contribution in [0.2, 0.25) is 0 Å². The number of hydrogen-bond acceptors (Lipinski definition) is 7. The van der Waals surface area contributed by atoms with Gasteiger partial charge in [-0.15, -0.1) is 0 Å². The molecule has 0 atom stereocenters. The van der Waals surface area contributed by atoms with Gasteiger partial charge in [0.1, 0.15) is 6.54 Å². The van der Waals surface area contributed by atoms with E-state index in [-0.39, 0.29) is 4.90 Å². The lowest BCUT2D eigenvalue weighted by Gasteiger charge is -2.23. The van der Waals surface area contributed by atoms with E-state index in [0.29, 0.717) is 28.5 Å². The third kappa shape index (κ3) is 6.42. The predicted octanol–water partition coefficient (Wildman–Crippen LogP) is 3.66. The van der Waals surface area contributed by atoms with Gasteiger partial charge in [-0.25, -0.2) is 13.8 Å². The lowest BCUT2D eigenvalue weighted by molar-refractivity contribution is -0.119. The van der Waals surface area contributed by atoms with E-state index in [9.17, 15) is 13.2 Å². The molecule has 0 aliphatic carbocycles. The van der Waals surface area contributed by atoms with Gasteiger partial charge in [-0.1, -0.05) is 18.2 Å². The number of benzene rings is 3. The largest absolute Gasteiger partial charge is 0.493 e. The van der Waals surface area contributed by atoms with Crippen LogP contribution >= 0.6 is 22.6 Å². The van der Waals surface area contributed by atoms with Crippen molar-refractivity contribution in [3.63, 3.8) is 0 Å². The van der Waals surface area contributed by atoms with Crippen molar-refractivity contribution in [3.8, 4) is 17.2 Å². The van der Waals surface area contributed by atoms with Crippen LogP contribution in [0.1, 0.15) is 5.56 Å². The molecular weight excluding hydrogens is 585 g/mol. The summed E-state index contributed by atoms with van der Waals surface area (Å²) in [4.78, 5) is 12.8. The van der Waals surface area contributed by atoms with Crippen LogP contribution in [0.15, 0.2) is 76.7 Å². The van der Waals surface area contributed by atoms with Crippen molar-refractivity contribution >= 4 is 50.4 Å². The molecule has 3 rings (SSSR count). The van der Waals surface area contributed by atoms with Crippen LogP contribution in [0.3, 0.4) is 0 Å². The monoisotopic (exact) mass is 609 g/mol. The Labute approximate surface area is 217 Å². The summed E-state index contributed by atoms with van der Waals surface area (Å²) in [5, 5.41) is 3.96. The highest BCUT2D eigenvalue weighted by Gasteiger charge is 2.27. The van der Waals surface area contributed by atoms with Crippen molar-refractivity contribution in [2.45, 2.75) is 4.90 Å². The average molecular weight is 609 g/mol. The molecule has 1 N–H and O–H groups in total. The van der Waals surface area contributed by atoms with Crippen molar-refractivity contribution in [1.82, 2.24) is 5.43 Å². The van der Waals surface area contributed by atoms with E-state index in [1.807, 2.05) is 0 Å². The highest BCUT2D eigenvalue weighted by atomic mass is 127. The fraction of sp³-hybridized carbons (Fsp3) is 0.167. The van der Waals surface area contributed by atoms with Crippen LogP contribution in [-0.4, -0.2) is 48.4 Å². The first-order chi connectivity index (χ1) is 16.8. The summed E-state index contributed by atoms with van der Waals surface area (Å²) in [5.74, 6) is 0.666. The van der Waals surface area contributed by atoms with Crippen molar-refractivity contribution in [2.75, 3.05) is 32.2 Å². The van der Waals surface area contributed by atoms with Gasteiger partial charge in [0.15, 0.2) is 11.5 Å². The normalized spacial score (nSPS) is 11.2. The number of hydrogen-bond donors (Lipinski definition) is 1.